The lowest BCUT2D eigenvalue weighted by atomic mass is 10.2. The van der Waals surface area contributed by atoms with E-state index < -0.39 is 0 Å². The molecule has 2 aromatic rings. The molecule has 1 heterocycles. The van der Waals surface area contributed by atoms with E-state index in [2.05, 4.69) is 4.98 Å². The van der Waals surface area contributed by atoms with Crippen LogP contribution in [0.25, 0.3) is 0 Å². The van der Waals surface area contributed by atoms with Gasteiger partial charge in [-0.15, -0.1) is 0 Å². The molecule has 1 aromatic carbocycles. The van der Waals surface area contributed by atoms with Crippen LogP contribution in [0.2, 0.25) is 5.02 Å². The monoisotopic (exact) mass is 275 g/mol. The van der Waals surface area contributed by atoms with Crippen LogP contribution in [0.4, 0.5) is 5.69 Å². The van der Waals surface area contributed by atoms with Gasteiger partial charge in [0.25, 0.3) is 0 Å². The fourth-order valence-electron chi connectivity index (χ4n) is 1.44. The largest absolute Gasteiger partial charge is 0.493 e. The van der Waals surface area contributed by atoms with Crippen LogP contribution in [0.3, 0.4) is 0 Å². The molecular weight excluding hydrogens is 266 g/mol. The molecule has 0 spiro atoms. The molecule has 2 N–H and O–H groups in total. The highest BCUT2D eigenvalue weighted by molar-refractivity contribution is 6.32. The number of pyridine rings is 1. The second-order valence-electron chi connectivity index (χ2n) is 3.64. The van der Waals surface area contributed by atoms with Gasteiger partial charge in [-0.05, 0) is 18.2 Å². The fourth-order valence-corrected chi connectivity index (χ4v) is 1.65. The minimum absolute atomic E-state index is 0.221. The highest BCUT2D eigenvalue weighted by Gasteiger charge is 2.10. The second-order valence-corrected chi connectivity index (χ2v) is 4.04. The maximum atomic E-state index is 8.82. The Labute approximate surface area is 115 Å². The van der Waals surface area contributed by atoms with E-state index in [4.69, 9.17) is 32.1 Å². The van der Waals surface area contributed by atoms with Crippen molar-refractivity contribution in [3.63, 3.8) is 0 Å². The molecule has 0 atom stereocenters. The maximum absolute atomic E-state index is 8.82. The highest BCUT2D eigenvalue weighted by Crippen LogP contribution is 2.34. The number of anilines is 1. The first-order chi connectivity index (χ1) is 9.13. The van der Waals surface area contributed by atoms with Crippen molar-refractivity contribution in [2.24, 2.45) is 0 Å². The average molecular weight is 276 g/mol. The SMILES string of the molecule is COc1cc(C#N)ccc1Oc1ncc(N)cc1Cl. The number of hydrogen-bond donors (Lipinski definition) is 1. The van der Waals surface area contributed by atoms with E-state index in [0.717, 1.165) is 0 Å². The molecule has 0 unspecified atom stereocenters. The molecule has 0 fully saturated rings. The number of benzene rings is 1. The number of nitrogen functional groups attached to an aromatic ring is 1. The Balaban J connectivity index is 2.35. The van der Waals surface area contributed by atoms with Crippen LogP contribution in [-0.4, -0.2) is 12.1 Å². The summed E-state index contributed by atoms with van der Waals surface area (Å²) in [4.78, 5) is 3.99. The Bertz CT molecular complexity index is 653. The third-order valence-electron chi connectivity index (χ3n) is 2.33. The lowest BCUT2D eigenvalue weighted by molar-refractivity contribution is 0.374. The minimum Gasteiger partial charge on any atom is -0.493 e. The number of ether oxygens (including phenoxy) is 2. The summed E-state index contributed by atoms with van der Waals surface area (Å²) in [6.07, 6.45) is 1.44. The molecule has 0 saturated heterocycles. The smallest absolute Gasteiger partial charge is 0.238 e. The van der Waals surface area contributed by atoms with Gasteiger partial charge in [0.15, 0.2) is 11.5 Å². The molecule has 0 bridgehead atoms. The summed E-state index contributed by atoms with van der Waals surface area (Å²) in [6.45, 7) is 0. The third kappa shape index (κ3) is 2.87. The van der Waals surface area contributed by atoms with Crippen molar-refractivity contribution in [2.45, 2.75) is 0 Å². The molecule has 5 nitrogen and oxygen atoms in total. The molecule has 0 aliphatic heterocycles. The molecule has 19 heavy (non-hydrogen) atoms. The van der Waals surface area contributed by atoms with Crippen molar-refractivity contribution in [1.29, 1.82) is 5.26 Å². The summed E-state index contributed by atoms with van der Waals surface area (Å²) in [7, 11) is 1.49. The molecule has 0 amide bonds. The van der Waals surface area contributed by atoms with Crippen LogP contribution in [0.1, 0.15) is 5.56 Å². The highest BCUT2D eigenvalue weighted by atomic mass is 35.5. The van der Waals surface area contributed by atoms with Crippen LogP contribution < -0.4 is 15.2 Å². The summed E-state index contributed by atoms with van der Waals surface area (Å²) in [5.41, 5.74) is 6.47. The number of nitriles is 1. The zero-order valence-electron chi connectivity index (χ0n) is 10.1. The Morgan fingerprint density at radius 1 is 1.32 bits per heavy atom. The Hall–Kier alpha value is -2.45. The van der Waals surface area contributed by atoms with Gasteiger partial charge in [0, 0.05) is 6.07 Å². The molecular formula is C13H10ClN3O2. The van der Waals surface area contributed by atoms with Gasteiger partial charge in [-0.1, -0.05) is 11.6 Å². The maximum Gasteiger partial charge on any atom is 0.238 e. The topological polar surface area (TPSA) is 81.2 Å². The molecule has 0 radical (unpaired) electrons. The summed E-state index contributed by atoms with van der Waals surface area (Å²) >= 11 is 5.97. The average Bonchev–Trinajstić information content (AvgIpc) is 2.42. The first-order valence-corrected chi connectivity index (χ1v) is 5.69. The second kappa shape index (κ2) is 5.46. The summed E-state index contributed by atoms with van der Waals surface area (Å²) < 4.78 is 10.7. The van der Waals surface area contributed by atoms with Crippen LogP contribution in [0, 0.1) is 11.3 Å². The molecule has 2 rings (SSSR count). The number of rotatable bonds is 3. The lowest BCUT2D eigenvalue weighted by Crippen LogP contribution is -1.95. The van der Waals surface area contributed by atoms with E-state index in [-0.39, 0.29) is 5.88 Å². The van der Waals surface area contributed by atoms with Gasteiger partial charge in [-0.2, -0.15) is 5.26 Å². The molecule has 1 aromatic heterocycles. The fraction of sp³-hybridized carbons (Fsp3) is 0.0769. The minimum atomic E-state index is 0.221. The normalized spacial score (nSPS) is 9.74. The van der Waals surface area contributed by atoms with Crippen LogP contribution >= 0.6 is 11.6 Å². The van der Waals surface area contributed by atoms with Crippen LogP contribution in [-0.2, 0) is 0 Å². The van der Waals surface area contributed by atoms with Crippen molar-refractivity contribution in [1.82, 2.24) is 4.98 Å². The van der Waals surface area contributed by atoms with E-state index >= 15 is 0 Å². The lowest BCUT2D eigenvalue weighted by Gasteiger charge is -2.10. The van der Waals surface area contributed by atoms with E-state index in [0.29, 0.717) is 27.8 Å². The first kappa shape index (κ1) is 13.0. The molecule has 0 aliphatic rings. The summed E-state index contributed by atoms with van der Waals surface area (Å²) in [5.74, 6) is 1.06. The van der Waals surface area contributed by atoms with Crippen molar-refractivity contribution in [2.75, 3.05) is 12.8 Å². The van der Waals surface area contributed by atoms with Gasteiger partial charge in [0.2, 0.25) is 5.88 Å². The Morgan fingerprint density at radius 2 is 2.11 bits per heavy atom. The number of nitrogens with zero attached hydrogens (tertiary/aromatic N) is 2. The summed E-state index contributed by atoms with van der Waals surface area (Å²) in [5, 5.41) is 9.12. The molecule has 0 aliphatic carbocycles. The number of aromatic nitrogens is 1. The third-order valence-corrected chi connectivity index (χ3v) is 2.60. The van der Waals surface area contributed by atoms with E-state index in [9.17, 15) is 0 Å². The van der Waals surface area contributed by atoms with Crippen LogP contribution in [0.5, 0.6) is 17.4 Å². The number of hydrogen-bond acceptors (Lipinski definition) is 5. The first-order valence-electron chi connectivity index (χ1n) is 5.31. The van der Waals surface area contributed by atoms with Gasteiger partial charge >= 0.3 is 0 Å². The van der Waals surface area contributed by atoms with E-state index in [1.807, 2.05) is 6.07 Å². The van der Waals surface area contributed by atoms with Crippen molar-refractivity contribution in [3.8, 4) is 23.4 Å². The van der Waals surface area contributed by atoms with Gasteiger partial charge in [0.1, 0.15) is 5.02 Å². The summed E-state index contributed by atoms with van der Waals surface area (Å²) in [6, 6.07) is 8.36. The molecule has 0 saturated carbocycles. The Morgan fingerprint density at radius 3 is 2.74 bits per heavy atom. The number of halogens is 1. The number of methoxy groups -OCH3 is 1. The van der Waals surface area contributed by atoms with Gasteiger partial charge in [0.05, 0.1) is 30.6 Å². The Kier molecular flexibility index (Phi) is 3.74. The van der Waals surface area contributed by atoms with E-state index in [1.165, 1.54) is 13.3 Å². The quantitative estimate of drug-likeness (QED) is 0.931. The zero-order chi connectivity index (χ0) is 13.8. The van der Waals surface area contributed by atoms with E-state index in [1.54, 1.807) is 24.3 Å². The molecule has 6 heteroatoms. The predicted octanol–water partition coefficient (Wildman–Crippen LogP) is 2.99. The number of nitrogens with two attached hydrogens (primary N) is 1. The van der Waals surface area contributed by atoms with Crippen molar-refractivity contribution < 1.29 is 9.47 Å². The van der Waals surface area contributed by atoms with Gasteiger partial charge < -0.3 is 15.2 Å². The standard InChI is InChI=1S/C13H10ClN3O2/c1-18-12-4-8(6-15)2-3-11(12)19-13-10(14)5-9(16)7-17-13/h2-5,7H,16H2,1H3. The predicted molar refractivity (Wildman–Crippen MR) is 71.4 cm³/mol. The van der Waals surface area contributed by atoms with Gasteiger partial charge in [-0.3, -0.25) is 0 Å². The zero-order valence-corrected chi connectivity index (χ0v) is 10.8. The molecule has 96 valence electrons. The van der Waals surface area contributed by atoms with Gasteiger partial charge in [-0.25, -0.2) is 4.98 Å². The van der Waals surface area contributed by atoms with Crippen molar-refractivity contribution in [3.05, 3.63) is 41.0 Å². The van der Waals surface area contributed by atoms with Crippen LogP contribution in [0.15, 0.2) is 30.5 Å². The van der Waals surface area contributed by atoms with Crippen molar-refractivity contribution >= 4 is 17.3 Å².